The number of methoxy groups -OCH3 is 1. The molecule has 0 amide bonds. The molecule has 0 saturated carbocycles. The predicted molar refractivity (Wildman–Crippen MR) is 129 cm³/mol. The molecule has 0 bridgehead atoms. The molecule has 0 aliphatic carbocycles. The van der Waals surface area contributed by atoms with Crippen molar-refractivity contribution in [3.63, 3.8) is 0 Å². The van der Waals surface area contributed by atoms with Gasteiger partial charge >= 0.3 is 0 Å². The molecule has 8 heteroatoms. The van der Waals surface area contributed by atoms with E-state index in [0.29, 0.717) is 29.0 Å². The zero-order valence-corrected chi connectivity index (χ0v) is 19.6. The van der Waals surface area contributed by atoms with Gasteiger partial charge in [0.15, 0.2) is 0 Å². The van der Waals surface area contributed by atoms with Crippen LogP contribution in [0.25, 0.3) is 22.0 Å². The number of anilines is 2. The van der Waals surface area contributed by atoms with Crippen molar-refractivity contribution in [3.05, 3.63) is 69.8 Å². The first kappa shape index (κ1) is 22.1. The lowest BCUT2D eigenvalue weighted by Gasteiger charge is -2.34. The first-order valence-electron chi connectivity index (χ1n) is 11.2. The Morgan fingerprint density at radius 1 is 1.09 bits per heavy atom. The number of aromatic nitrogens is 3. The highest BCUT2D eigenvalue weighted by Crippen LogP contribution is 2.43. The van der Waals surface area contributed by atoms with Crippen molar-refractivity contribution in [1.29, 1.82) is 0 Å². The maximum atomic E-state index is 14.2. The molecule has 0 atom stereocenters. The largest absolute Gasteiger partial charge is 0.497 e. The Morgan fingerprint density at radius 3 is 2.56 bits per heavy atom. The minimum absolute atomic E-state index is 0.0190. The maximum absolute atomic E-state index is 14.2. The average Bonchev–Trinajstić information content (AvgIpc) is 3.27. The molecule has 0 N–H and O–H groups in total. The van der Waals surface area contributed by atoms with Gasteiger partial charge in [-0.25, -0.2) is 8.78 Å². The van der Waals surface area contributed by atoms with E-state index in [9.17, 15) is 13.6 Å². The third-order valence-corrected chi connectivity index (χ3v) is 6.62. The van der Waals surface area contributed by atoms with Gasteiger partial charge in [-0.1, -0.05) is 0 Å². The van der Waals surface area contributed by atoms with Crippen LogP contribution < -0.4 is 15.2 Å². The Morgan fingerprint density at radius 2 is 1.88 bits per heavy atom. The first-order valence-corrected chi connectivity index (χ1v) is 11.2. The number of nitrogens with zero attached hydrogens (tertiary/aromatic N) is 4. The van der Waals surface area contributed by atoms with Gasteiger partial charge in [-0.05, 0) is 49.1 Å². The van der Waals surface area contributed by atoms with Crippen molar-refractivity contribution in [2.75, 3.05) is 18.6 Å². The van der Waals surface area contributed by atoms with Crippen molar-refractivity contribution >= 4 is 22.3 Å². The lowest BCUT2D eigenvalue weighted by Crippen LogP contribution is -2.26. The number of halogens is 2. The minimum Gasteiger partial charge on any atom is -0.497 e. The lowest BCUT2D eigenvalue weighted by atomic mass is 9.92. The SMILES string of the molecule is COc1cc(N2CCCc3cc(-c4cnn(C)c4)c(C(F)F)cc32)c2cc(C)c(=O)n(C)c2c1. The molecule has 2 aromatic carbocycles. The topological polar surface area (TPSA) is 52.3 Å². The molecule has 1 aliphatic heterocycles. The van der Waals surface area contributed by atoms with Crippen LogP contribution in [0.5, 0.6) is 5.75 Å². The quantitative estimate of drug-likeness (QED) is 0.413. The summed E-state index contributed by atoms with van der Waals surface area (Å²) < 4.78 is 37.2. The van der Waals surface area contributed by atoms with Crippen LogP contribution >= 0.6 is 0 Å². The van der Waals surface area contributed by atoms with Crippen LogP contribution in [-0.4, -0.2) is 28.0 Å². The standard InChI is InChI=1S/C26H26F2N4O2/c1-15-8-21-23(31(3)26(15)33)10-18(34-4)11-24(21)32-7-5-6-16-9-19(17-13-29-30(2)14-17)20(25(27)28)12-22(16)32/h8-14,25H,5-7H2,1-4H3. The molecular formula is C26H26F2N4O2. The Labute approximate surface area is 196 Å². The fourth-order valence-corrected chi connectivity index (χ4v) is 4.91. The number of hydrogen-bond donors (Lipinski definition) is 0. The summed E-state index contributed by atoms with van der Waals surface area (Å²) in [5.74, 6) is 0.606. The van der Waals surface area contributed by atoms with Gasteiger partial charge in [0.1, 0.15) is 5.75 Å². The highest BCUT2D eigenvalue weighted by Gasteiger charge is 2.26. The number of pyridine rings is 1. The second-order valence-corrected chi connectivity index (χ2v) is 8.80. The second kappa shape index (κ2) is 8.27. The molecule has 34 heavy (non-hydrogen) atoms. The van der Waals surface area contributed by atoms with Crippen molar-refractivity contribution < 1.29 is 13.5 Å². The highest BCUT2D eigenvalue weighted by atomic mass is 19.3. The Balaban J connectivity index is 1.76. The summed E-state index contributed by atoms with van der Waals surface area (Å²) in [5, 5.41) is 5.04. The molecule has 176 valence electrons. The molecule has 6 nitrogen and oxygen atoms in total. The summed E-state index contributed by atoms with van der Waals surface area (Å²) in [6, 6.07) is 9.11. The summed E-state index contributed by atoms with van der Waals surface area (Å²) in [7, 11) is 5.09. The van der Waals surface area contributed by atoms with Gasteiger partial charge in [0.05, 0.1) is 24.5 Å². The van der Waals surface area contributed by atoms with Crippen LogP contribution in [0.1, 0.15) is 29.5 Å². The number of ether oxygens (including phenoxy) is 1. The van der Waals surface area contributed by atoms with Crippen molar-refractivity contribution in [3.8, 4) is 16.9 Å². The summed E-state index contributed by atoms with van der Waals surface area (Å²) in [5.41, 5.74) is 5.05. The van der Waals surface area contributed by atoms with Gasteiger partial charge in [0, 0.05) is 66.7 Å². The fourth-order valence-electron chi connectivity index (χ4n) is 4.91. The van der Waals surface area contributed by atoms with E-state index in [2.05, 4.69) is 10.00 Å². The van der Waals surface area contributed by atoms with Gasteiger partial charge in [-0.15, -0.1) is 0 Å². The molecule has 4 aromatic rings. The van der Waals surface area contributed by atoms with E-state index in [4.69, 9.17) is 4.74 Å². The van der Waals surface area contributed by atoms with Gasteiger partial charge in [-0.2, -0.15) is 5.10 Å². The van der Waals surface area contributed by atoms with E-state index >= 15 is 0 Å². The summed E-state index contributed by atoms with van der Waals surface area (Å²) in [6.45, 7) is 2.46. The minimum atomic E-state index is -2.63. The smallest absolute Gasteiger partial charge is 0.264 e. The van der Waals surface area contributed by atoms with Crippen LogP contribution in [-0.2, 0) is 20.5 Å². The molecule has 0 spiro atoms. The van der Waals surface area contributed by atoms with Gasteiger partial charge in [-0.3, -0.25) is 9.48 Å². The number of hydrogen-bond acceptors (Lipinski definition) is 4. The third-order valence-electron chi connectivity index (χ3n) is 6.62. The van der Waals surface area contributed by atoms with Crippen molar-refractivity contribution in [1.82, 2.24) is 14.3 Å². The molecular weight excluding hydrogens is 438 g/mol. The van der Waals surface area contributed by atoms with E-state index in [1.807, 2.05) is 24.3 Å². The Kier molecular flexibility index (Phi) is 5.38. The van der Waals surface area contributed by atoms with Crippen LogP contribution in [0.4, 0.5) is 20.2 Å². The number of rotatable bonds is 4. The normalized spacial score (nSPS) is 13.6. The Bertz CT molecular complexity index is 1470. The van der Waals surface area contributed by atoms with Gasteiger partial charge in [0.2, 0.25) is 0 Å². The molecule has 3 heterocycles. The average molecular weight is 465 g/mol. The molecule has 5 rings (SSSR count). The lowest BCUT2D eigenvalue weighted by molar-refractivity contribution is 0.152. The van der Waals surface area contributed by atoms with E-state index in [1.54, 1.807) is 55.8 Å². The van der Waals surface area contributed by atoms with Gasteiger partial charge in [0.25, 0.3) is 12.0 Å². The Hall–Kier alpha value is -3.68. The summed E-state index contributed by atoms with van der Waals surface area (Å²) in [4.78, 5) is 14.7. The second-order valence-electron chi connectivity index (χ2n) is 8.80. The predicted octanol–water partition coefficient (Wildman–Crippen LogP) is 5.28. The number of fused-ring (bicyclic) bond motifs is 2. The number of alkyl halides is 2. The van der Waals surface area contributed by atoms with Crippen molar-refractivity contribution in [2.24, 2.45) is 14.1 Å². The molecule has 0 saturated heterocycles. The first-order chi connectivity index (χ1) is 16.3. The fraction of sp³-hybridized carbons (Fsp3) is 0.308. The molecule has 0 radical (unpaired) electrons. The van der Waals surface area contributed by atoms with E-state index in [-0.39, 0.29) is 11.1 Å². The van der Waals surface area contributed by atoms with E-state index < -0.39 is 6.43 Å². The zero-order valence-electron chi connectivity index (χ0n) is 19.6. The summed E-state index contributed by atoms with van der Waals surface area (Å²) in [6.07, 6.45) is 2.41. The van der Waals surface area contributed by atoms with Crippen LogP contribution in [0, 0.1) is 6.92 Å². The number of aryl methyl sites for hydroxylation is 4. The monoisotopic (exact) mass is 464 g/mol. The summed E-state index contributed by atoms with van der Waals surface area (Å²) >= 11 is 0. The van der Waals surface area contributed by atoms with Gasteiger partial charge < -0.3 is 14.2 Å². The van der Waals surface area contributed by atoms with Crippen LogP contribution in [0.3, 0.4) is 0 Å². The number of benzene rings is 2. The van der Waals surface area contributed by atoms with E-state index in [1.165, 1.54) is 0 Å². The van der Waals surface area contributed by atoms with Crippen molar-refractivity contribution in [2.45, 2.75) is 26.2 Å². The zero-order chi connectivity index (χ0) is 24.1. The molecule has 1 aliphatic rings. The van der Waals surface area contributed by atoms with Crippen LogP contribution in [0.15, 0.2) is 47.5 Å². The maximum Gasteiger partial charge on any atom is 0.264 e. The molecule has 0 fully saturated rings. The van der Waals surface area contributed by atoms with E-state index in [0.717, 1.165) is 40.7 Å². The molecule has 0 unspecified atom stereocenters. The third kappa shape index (κ3) is 3.54. The highest BCUT2D eigenvalue weighted by molar-refractivity contribution is 5.96. The van der Waals surface area contributed by atoms with Crippen LogP contribution in [0.2, 0.25) is 0 Å². The molecule has 2 aromatic heterocycles.